The number of unbranched alkanes of at least 4 members (excludes halogenated alkanes) is 33. The first kappa shape index (κ1) is 51.9. The highest BCUT2D eigenvalue weighted by Crippen LogP contribution is 2.16. The monoisotopic (exact) mass is 752 g/mol. The predicted octanol–water partition coefficient (Wildman–Crippen LogP) is 13.6. The van der Waals surface area contributed by atoms with E-state index in [1.165, 1.54) is 173 Å². The summed E-state index contributed by atoms with van der Waals surface area (Å²) in [6.45, 7) is 4.90. The van der Waals surface area contributed by atoms with Gasteiger partial charge in [-0.1, -0.05) is 226 Å². The van der Waals surface area contributed by atoms with E-state index in [-0.39, 0.29) is 18.5 Å². The number of carbonyl (C=O) groups is 2. The number of nitrogens with one attached hydrogen (secondary N) is 1. The summed E-state index contributed by atoms with van der Waals surface area (Å²) in [5.74, 6) is -0.0736. The van der Waals surface area contributed by atoms with Crippen molar-refractivity contribution < 1.29 is 24.5 Å². The molecular formula is C47H93NO5. The third-order valence-electron chi connectivity index (χ3n) is 11.2. The van der Waals surface area contributed by atoms with Crippen LogP contribution >= 0.6 is 0 Å². The van der Waals surface area contributed by atoms with Gasteiger partial charge in [-0.25, -0.2) is 0 Å². The third-order valence-corrected chi connectivity index (χ3v) is 11.2. The SMILES string of the molecule is CCCCCCCCCCCCCCCCCC(=O)OCCCCCCCCCCCCC(=O)NC(CO)C(O)CCCCCCCCCCCCC. The molecule has 0 spiro atoms. The van der Waals surface area contributed by atoms with Gasteiger partial charge >= 0.3 is 5.97 Å². The maximum atomic E-state index is 12.4. The second-order valence-corrected chi connectivity index (χ2v) is 16.5. The van der Waals surface area contributed by atoms with Crippen molar-refractivity contribution in [2.45, 2.75) is 276 Å². The maximum Gasteiger partial charge on any atom is 0.305 e. The van der Waals surface area contributed by atoms with Crippen molar-refractivity contribution in [3.63, 3.8) is 0 Å². The first-order valence-corrected chi connectivity index (χ1v) is 23.8. The molecule has 0 aromatic heterocycles. The Kier molecular flexibility index (Phi) is 42.6. The smallest absolute Gasteiger partial charge is 0.305 e. The molecule has 0 rings (SSSR count). The molecule has 1 amide bonds. The van der Waals surface area contributed by atoms with Crippen LogP contribution in [-0.2, 0) is 14.3 Å². The number of amides is 1. The molecular weight excluding hydrogens is 659 g/mol. The van der Waals surface area contributed by atoms with Gasteiger partial charge in [0.2, 0.25) is 5.91 Å². The summed E-state index contributed by atoms with van der Waals surface area (Å²) >= 11 is 0. The zero-order chi connectivity index (χ0) is 38.7. The lowest BCUT2D eigenvalue weighted by Gasteiger charge is -2.22. The number of hydrogen-bond acceptors (Lipinski definition) is 5. The topological polar surface area (TPSA) is 95.9 Å². The zero-order valence-corrected chi connectivity index (χ0v) is 35.8. The fourth-order valence-corrected chi connectivity index (χ4v) is 7.46. The molecule has 0 heterocycles. The van der Waals surface area contributed by atoms with Crippen LogP contribution in [0.5, 0.6) is 0 Å². The minimum Gasteiger partial charge on any atom is -0.466 e. The van der Waals surface area contributed by atoms with Crippen LogP contribution in [0.4, 0.5) is 0 Å². The molecule has 0 saturated carbocycles. The van der Waals surface area contributed by atoms with Crippen molar-refractivity contribution in [3.05, 3.63) is 0 Å². The second-order valence-electron chi connectivity index (χ2n) is 16.5. The molecule has 316 valence electrons. The van der Waals surface area contributed by atoms with E-state index in [1.807, 2.05) is 0 Å². The molecule has 0 aromatic rings. The van der Waals surface area contributed by atoms with Crippen LogP contribution in [0.2, 0.25) is 0 Å². The number of aliphatic hydroxyl groups excluding tert-OH is 2. The van der Waals surface area contributed by atoms with Gasteiger partial charge in [0.15, 0.2) is 0 Å². The second kappa shape index (κ2) is 43.6. The van der Waals surface area contributed by atoms with Crippen LogP contribution < -0.4 is 5.32 Å². The van der Waals surface area contributed by atoms with E-state index in [2.05, 4.69) is 19.2 Å². The summed E-state index contributed by atoms with van der Waals surface area (Å²) in [6.07, 6.45) is 46.3. The summed E-state index contributed by atoms with van der Waals surface area (Å²) < 4.78 is 5.45. The molecule has 0 fully saturated rings. The Morgan fingerprint density at radius 1 is 0.453 bits per heavy atom. The largest absolute Gasteiger partial charge is 0.466 e. The van der Waals surface area contributed by atoms with Gasteiger partial charge in [-0.3, -0.25) is 9.59 Å². The highest BCUT2D eigenvalue weighted by molar-refractivity contribution is 5.76. The minimum absolute atomic E-state index is 0.0159. The van der Waals surface area contributed by atoms with E-state index in [9.17, 15) is 19.8 Å². The fraction of sp³-hybridized carbons (Fsp3) is 0.957. The Morgan fingerprint density at radius 2 is 0.774 bits per heavy atom. The molecule has 0 bridgehead atoms. The quantitative estimate of drug-likeness (QED) is 0.0425. The van der Waals surface area contributed by atoms with Gasteiger partial charge in [0.05, 0.1) is 25.4 Å². The van der Waals surface area contributed by atoms with Crippen LogP contribution in [0.15, 0.2) is 0 Å². The van der Waals surface area contributed by atoms with Gasteiger partial charge in [0.25, 0.3) is 0 Å². The summed E-state index contributed by atoms with van der Waals surface area (Å²) in [6, 6.07) is -0.554. The van der Waals surface area contributed by atoms with Crippen molar-refractivity contribution in [2.24, 2.45) is 0 Å². The summed E-state index contributed by atoms with van der Waals surface area (Å²) in [5.41, 5.74) is 0. The summed E-state index contributed by atoms with van der Waals surface area (Å²) in [4.78, 5) is 24.4. The third kappa shape index (κ3) is 40.3. The van der Waals surface area contributed by atoms with E-state index in [0.717, 1.165) is 57.8 Å². The molecule has 0 radical (unpaired) electrons. The number of ether oxygens (including phenoxy) is 1. The minimum atomic E-state index is -0.675. The molecule has 0 aromatic carbocycles. The number of aliphatic hydroxyl groups is 2. The van der Waals surface area contributed by atoms with Gasteiger partial charge < -0.3 is 20.3 Å². The maximum absolute atomic E-state index is 12.4. The lowest BCUT2D eigenvalue weighted by atomic mass is 10.0. The van der Waals surface area contributed by atoms with Crippen LogP contribution in [0.25, 0.3) is 0 Å². The van der Waals surface area contributed by atoms with E-state index in [4.69, 9.17) is 4.74 Å². The lowest BCUT2D eigenvalue weighted by molar-refractivity contribution is -0.143. The van der Waals surface area contributed by atoms with Crippen LogP contribution in [0, 0.1) is 0 Å². The Bertz CT molecular complexity index is 746. The molecule has 0 aliphatic carbocycles. The molecule has 6 heteroatoms. The molecule has 3 N–H and O–H groups in total. The van der Waals surface area contributed by atoms with Crippen molar-refractivity contribution in [1.29, 1.82) is 0 Å². The normalized spacial score (nSPS) is 12.6. The Labute approximate surface area is 330 Å². The fourth-order valence-electron chi connectivity index (χ4n) is 7.46. The number of esters is 1. The van der Waals surface area contributed by atoms with E-state index in [0.29, 0.717) is 25.9 Å². The van der Waals surface area contributed by atoms with Crippen LogP contribution in [0.1, 0.15) is 264 Å². The molecule has 2 atom stereocenters. The Hall–Kier alpha value is -1.14. The van der Waals surface area contributed by atoms with Crippen molar-refractivity contribution in [3.8, 4) is 0 Å². The van der Waals surface area contributed by atoms with Crippen LogP contribution in [0.3, 0.4) is 0 Å². The standard InChI is InChI=1S/C47H93NO5/c1-3-5-7-9-11-13-15-16-17-18-20-25-29-33-37-41-47(52)53-42-38-34-30-26-22-21-24-28-32-36-40-46(51)48-44(43-49)45(50)39-35-31-27-23-19-14-12-10-8-6-4-2/h44-45,49-50H,3-43H2,1-2H3,(H,48,51). The predicted molar refractivity (Wildman–Crippen MR) is 227 cm³/mol. The number of carbonyl (C=O) groups excluding carboxylic acids is 2. The van der Waals surface area contributed by atoms with E-state index >= 15 is 0 Å². The highest BCUT2D eigenvalue weighted by Gasteiger charge is 2.20. The molecule has 53 heavy (non-hydrogen) atoms. The van der Waals surface area contributed by atoms with Crippen molar-refractivity contribution >= 4 is 11.9 Å². The van der Waals surface area contributed by atoms with Crippen molar-refractivity contribution in [2.75, 3.05) is 13.2 Å². The summed E-state index contributed by atoms with van der Waals surface area (Å²) in [7, 11) is 0. The van der Waals surface area contributed by atoms with E-state index < -0.39 is 12.1 Å². The van der Waals surface area contributed by atoms with Gasteiger partial charge in [-0.2, -0.15) is 0 Å². The van der Waals surface area contributed by atoms with Crippen LogP contribution in [-0.4, -0.2) is 47.4 Å². The van der Waals surface area contributed by atoms with Gasteiger partial charge in [0.1, 0.15) is 0 Å². The molecule has 2 unspecified atom stereocenters. The lowest BCUT2D eigenvalue weighted by Crippen LogP contribution is -2.45. The average Bonchev–Trinajstić information content (AvgIpc) is 3.16. The number of rotatable bonds is 44. The first-order chi connectivity index (χ1) is 26.0. The Morgan fingerprint density at radius 3 is 1.15 bits per heavy atom. The average molecular weight is 752 g/mol. The zero-order valence-electron chi connectivity index (χ0n) is 35.8. The molecule has 6 nitrogen and oxygen atoms in total. The molecule has 0 saturated heterocycles. The molecule has 0 aliphatic rings. The van der Waals surface area contributed by atoms with E-state index in [1.54, 1.807) is 0 Å². The van der Waals surface area contributed by atoms with Crippen molar-refractivity contribution in [1.82, 2.24) is 5.32 Å². The van der Waals surface area contributed by atoms with Gasteiger partial charge in [-0.05, 0) is 25.7 Å². The number of hydrogen-bond donors (Lipinski definition) is 3. The Balaban J connectivity index is 3.45. The van der Waals surface area contributed by atoms with Gasteiger partial charge in [0, 0.05) is 12.8 Å². The molecule has 0 aliphatic heterocycles. The highest BCUT2D eigenvalue weighted by atomic mass is 16.5. The first-order valence-electron chi connectivity index (χ1n) is 23.8. The summed E-state index contributed by atoms with van der Waals surface area (Å²) in [5, 5.41) is 23.1. The van der Waals surface area contributed by atoms with Gasteiger partial charge in [-0.15, -0.1) is 0 Å².